The van der Waals surface area contributed by atoms with E-state index in [9.17, 15) is 58.2 Å². The smallest absolute Gasteiger partial charge is 0.305 e. The number of nitrogens with two attached hydrogens (primary N) is 2. The first-order chi connectivity index (χ1) is 30.1. The zero-order valence-corrected chi connectivity index (χ0v) is 37.9. The number of benzene rings is 2. The number of hydrogen-bond acceptors (Lipinski definition) is 12. The van der Waals surface area contributed by atoms with E-state index in [4.69, 9.17) is 11.5 Å². The van der Waals surface area contributed by atoms with Crippen molar-refractivity contribution in [3.63, 3.8) is 0 Å². The molecule has 0 heterocycles. The van der Waals surface area contributed by atoms with Gasteiger partial charge in [0.2, 0.25) is 35.4 Å². The topological polar surface area (TPSA) is 335 Å². The molecule has 64 heavy (non-hydrogen) atoms. The lowest BCUT2D eigenvalue weighted by Crippen LogP contribution is -2.58. The van der Waals surface area contributed by atoms with Gasteiger partial charge in [0.05, 0.1) is 12.8 Å². The zero-order chi connectivity index (χ0) is 48.3. The highest BCUT2D eigenvalue weighted by Gasteiger charge is 2.35. The van der Waals surface area contributed by atoms with Gasteiger partial charge in [0.1, 0.15) is 36.3 Å². The van der Waals surface area contributed by atoms with Gasteiger partial charge in [0.15, 0.2) is 0 Å². The van der Waals surface area contributed by atoms with Crippen molar-refractivity contribution in [2.24, 2.45) is 23.3 Å². The van der Waals surface area contributed by atoms with E-state index >= 15 is 0 Å². The molecular weight excluding hydrogens is 873 g/mol. The molecule has 0 bridgehead atoms. The highest BCUT2D eigenvalue weighted by molar-refractivity contribution is 7.98. The number of carbonyl (C=O) groups excluding carboxylic acids is 8. The Morgan fingerprint density at radius 1 is 0.578 bits per heavy atom. The number of aliphatic carboxylic acids is 2. The summed E-state index contributed by atoms with van der Waals surface area (Å²) in [6.07, 6.45) is -0.890. The number of hydrogen-bond donors (Lipinski definition) is 11. The van der Waals surface area contributed by atoms with Crippen LogP contribution in [0, 0.1) is 11.8 Å². The molecule has 0 fully saturated rings. The Bertz CT molecular complexity index is 2040. The highest BCUT2D eigenvalue weighted by atomic mass is 32.2. The summed E-state index contributed by atoms with van der Waals surface area (Å²) in [7, 11) is 0. The molecular formula is C42H58N8O12S2. The molecule has 350 valence electrons. The lowest BCUT2D eigenvalue weighted by molar-refractivity contribution is -0.140. The molecule has 8 amide bonds. The third-order valence-corrected chi connectivity index (χ3v) is 11.7. The molecule has 8 atom stereocenters. The van der Waals surface area contributed by atoms with Crippen LogP contribution in [0.15, 0.2) is 48.5 Å². The number of carboxylic acids is 2. The summed E-state index contributed by atoms with van der Waals surface area (Å²) >= 11 is 5.30. The molecule has 0 saturated heterocycles. The molecule has 0 unspecified atom stereocenters. The zero-order valence-electron chi connectivity index (χ0n) is 36.2. The van der Waals surface area contributed by atoms with Gasteiger partial charge in [0, 0.05) is 28.4 Å². The summed E-state index contributed by atoms with van der Waals surface area (Å²) in [5, 5.41) is 34.0. The number of primary amides is 2. The van der Waals surface area contributed by atoms with Gasteiger partial charge < -0.3 is 53.6 Å². The highest BCUT2D eigenvalue weighted by Crippen LogP contribution is 2.19. The normalized spacial score (nSPS) is 14.7. The molecule has 20 nitrogen and oxygen atoms in total. The Morgan fingerprint density at radius 3 is 1.41 bits per heavy atom. The second-order valence-electron chi connectivity index (χ2n) is 15.1. The average molecular weight is 931 g/mol. The van der Waals surface area contributed by atoms with E-state index in [-0.39, 0.29) is 28.4 Å². The number of carboxylic acid groups (broad SMARTS) is 2. The summed E-state index contributed by atoms with van der Waals surface area (Å²) in [5.74, 6) is -10.5. The predicted octanol–water partition coefficient (Wildman–Crippen LogP) is 0.218. The number of amides is 8. The third-order valence-electron chi connectivity index (χ3n) is 10.3. The number of thiol groups is 1. The van der Waals surface area contributed by atoms with Crippen molar-refractivity contribution in [2.75, 3.05) is 5.75 Å². The number of rotatable bonds is 27. The van der Waals surface area contributed by atoms with Crippen LogP contribution in [-0.4, -0.2) is 111 Å². The largest absolute Gasteiger partial charge is 0.481 e. The molecule has 2 rings (SSSR count). The third kappa shape index (κ3) is 16.8. The molecule has 2 aromatic rings. The SMILES string of the molecule is CC[C@H](C)[C@H](NC(=O)[C@H](CC(=O)O)NC(=O)c1ccccc1CSC[C@H](NC(=O)[C@@H](NC(=O)[C@H](CC(=O)O)NC(=O)c1ccccc1CS)[C@@H](C)CC)C(N)=O)C(=O)N[C@@H](C)C(N)=O. The van der Waals surface area contributed by atoms with Crippen molar-refractivity contribution in [1.82, 2.24) is 31.9 Å². The maximum atomic E-state index is 13.7. The van der Waals surface area contributed by atoms with E-state index in [0.717, 1.165) is 11.8 Å². The monoisotopic (exact) mass is 930 g/mol. The Balaban J connectivity index is 2.23. The standard InChI is InChI=1S/C42H58N8O12S2/c1-6-21(3)33(41(61)45-23(5)35(43)55)49-39(59)29(17-32(53)54)47-38(58)27-15-11-9-13-25(27)19-64-20-30(36(44)56)48-42(62)34(22(4)7-2)50-40(60)28(16-31(51)52)46-37(57)26-14-10-8-12-24(26)18-63/h8-15,21-23,28-30,33-34,63H,6-7,16-20H2,1-5H3,(H2,43,55)(H2,44,56)(H,45,61)(H,46,57)(H,47,58)(H,48,62)(H,49,59)(H,50,60)(H,51,52)(H,53,54)/t21-,22-,23-,28-,29-,30-,33-,34-/m0/s1. The maximum Gasteiger partial charge on any atom is 0.305 e. The van der Waals surface area contributed by atoms with E-state index < -0.39 is 120 Å². The minimum Gasteiger partial charge on any atom is -0.481 e. The van der Waals surface area contributed by atoms with Crippen molar-refractivity contribution in [3.05, 3.63) is 70.8 Å². The summed E-state index contributed by atoms with van der Waals surface area (Å²) < 4.78 is 0. The summed E-state index contributed by atoms with van der Waals surface area (Å²) in [6.45, 7) is 8.15. The van der Waals surface area contributed by atoms with E-state index in [2.05, 4.69) is 44.5 Å². The molecule has 2 aromatic carbocycles. The minimum atomic E-state index is -1.64. The van der Waals surface area contributed by atoms with Crippen LogP contribution < -0.4 is 43.4 Å². The number of carbonyl (C=O) groups is 10. The van der Waals surface area contributed by atoms with Gasteiger partial charge in [-0.25, -0.2) is 0 Å². The molecule has 0 aliphatic carbocycles. The second kappa shape index (κ2) is 26.5. The Kier molecular flexibility index (Phi) is 22.3. The summed E-state index contributed by atoms with van der Waals surface area (Å²) in [4.78, 5) is 128. The summed E-state index contributed by atoms with van der Waals surface area (Å²) in [5.41, 5.74) is 12.1. The van der Waals surface area contributed by atoms with Crippen molar-refractivity contribution in [1.29, 1.82) is 0 Å². The quantitative estimate of drug-likeness (QED) is 0.0535. The molecule has 0 aliphatic rings. The van der Waals surface area contributed by atoms with Crippen LogP contribution in [0.25, 0.3) is 0 Å². The first-order valence-corrected chi connectivity index (χ1v) is 22.1. The lowest BCUT2D eigenvalue weighted by Gasteiger charge is -2.27. The van der Waals surface area contributed by atoms with Crippen LogP contribution in [0.2, 0.25) is 0 Å². The van der Waals surface area contributed by atoms with E-state index in [1.807, 2.05) is 0 Å². The van der Waals surface area contributed by atoms with Crippen molar-refractivity contribution in [2.45, 2.75) is 108 Å². The van der Waals surface area contributed by atoms with Crippen molar-refractivity contribution < 1.29 is 58.2 Å². The van der Waals surface area contributed by atoms with E-state index in [0.29, 0.717) is 24.0 Å². The Labute approximate surface area is 380 Å². The fourth-order valence-corrected chi connectivity index (χ4v) is 7.36. The fourth-order valence-electron chi connectivity index (χ4n) is 6.02. The van der Waals surface area contributed by atoms with Gasteiger partial charge in [-0.15, -0.1) is 0 Å². The van der Waals surface area contributed by atoms with Gasteiger partial charge in [-0.3, -0.25) is 47.9 Å². The maximum absolute atomic E-state index is 13.7. The van der Waals surface area contributed by atoms with Crippen LogP contribution in [-0.2, 0) is 49.9 Å². The molecule has 12 N–H and O–H groups in total. The lowest BCUT2D eigenvalue weighted by atomic mass is 9.97. The van der Waals surface area contributed by atoms with Crippen LogP contribution >= 0.6 is 24.4 Å². The first kappa shape index (κ1) is 54.0. The molecule has 0 spiro atoms. The second-order valence-corrected chi connectivity index (χ2v) is 16.4. The molecule has 0 aromatic heterocycles. The van der Waals surface area contributed by atoms with Crippen molar-refractivity contribution in [3.8, 4) is 0 Å². The average Bonchev–Trinajstić information content (AvgIpc) is 3.25. The van der Waals surface area contributed by atoms with Gasteiger partial charge in [-0.2, -0.15) is 24.4 Å². The van der Waals surface area contributed by atoms with Gasteiger partial charge in [-0.05, 0) is 42.0 Å². The van der Waals surface area contributed by atoms with Crippen LogP contribution in [0.4, 0.5) is 0 Å². The van der Waals surface area contributed by atoms with Crippen LogP contribution in [0.1, 0.15) is 92.1 Å². The van der Waals surface area contributed by atoms with Gasteiger partial charge in [0.25, 0.3) is 11.8 Å². The minimum absolute atomic E-state index is 0.0426. The number of thioether (sulfide) groups is 1. The van der Waals surface area contributed by atoms with E-state index in [1.165, 1.54) is 25.1 Å². The predicted molar refractivity (Wildman–Crippen MR) is 239 cm³/mol. The Hall–Kier alpha value is -6.16. The molecule has 0 aliphatic heterocycles. The summed E-state index contributed by atoms with van der Waals surface area (Å²) in [6, 6.07) is 4.47. The van der Waals surface area contributed by atoms with Gasteiger partial charge in [-0.1, -0.05) is 76.9 Å². The van der Waals surface area contributed by atoms with E-state index in [1.54, 1.807) is 58.0 Å². The van der Waals surface area contributed by atoms with Crippen LogP contribution in [0.5, 0.6) is 0 Å². The van der Waals surface area contributed by atoms with Crippen molar-refractivity contribution >= 4 is 83.6 Å². The fraction of sp³-hybridized carbons (Fsp3) is 0.476. The molecule has 0 radical (unpaired) electrons. The Morgan fingerprint density at radius 2 is 1.00 bits per heavy atom. The molecule has 22 heteroatoms. The van der Waals surface area contributed by atoms with Gasteiger partial charge >= 0.3 is 11.9 Å². The molecule has 0 saturated carbocycles. The first-order valence-electron chi connectivity index (χ1n) is 20.3. The van der Waals surface area contributed by atoms with Crippen LogP contribution in [0.3, 0.4) is 0 Å². The number of nitrogens with one attached hydrogen (secondary N) is 6.